The van der Waals surface area contributed by atoms with E-state index in [4.69, 9.17) is 10.5 Å². The van der Waals surface area contributed by atoms with Crippen molar-refractivity contribution in [1.29, 1.82) is 0 Å². The summed E-state index contributed by atoms with van der Waals surface area (Å²) in [6, 6.07) is 4.33. The molecule has 0 aliphatic carbocycles. The zero-order chi connectivity index (χ0) is 11.4. The lowest BCUT2D eigenvalue weighted by Crippen LogP contribution is -2.14. The predicted molar refractivity (Wildman–Crippen MR) is 59.4 cm³/mol. The predicted octanol–water partition coefficient (Wildman–Crippen LogP) is 3.02. The monoisotopic (exact) mass is 211 g/mol. The number of hydrogen-bond donors (Lipinski definition) is 1. The maximum atomic E-state index is 13.0. The summed E-state index contributed by atoms with van der Waals surface area (Å²) in [6.07, 6.45) is 0.957. The molecule has 0 saturated heterocycles. The third-order valence-corrected chi connectivity index (χ3v) is 2.37. The van der Waals surface area contributed by atoms with E-state index < -0.39 is 0 Å². The van der Waals surface area contributed by atoms with Crippen LogP contribution in [0.15, 0.2) is 18.2 Å². The number of benzene rings is 1. The van der Waals surface area contributed by atoms with E-state index in [0.29, 0.717) is 5.75 Å². The van der Waals surface area contributed by atoms with Gasteiger partial charge in [0.2, 0.25) is 0 Å². The van der Waals surface area contributed by atoms with Crippen molar-refractivity contribution in [3.8, 4) is 5.75 Å². The first kappa shape index (κ1) is 12.0. The number of hydrogen-bond acceptors (Lipinski definition) is 2. The molecule has 0 radical (unpaired) electrons. The number of halogens is 1. The molecule has 15 heavy (non-hydrogen) atoms. The number of nitrogens with two attached hydrogens (primary N) is 1. The zero-order valence-electron chi connectivity index (χ0n) is 9.46. The molecule has 1 aromatic rings. The van der Waals surface area contributed by atoms with Crippen LogP contribution in [0.2, 0.25) is 0 Å². The molecule has 84 valence electrons. The van der Waals surface area contributed by atoms with E-state index >= 15 is 0 Å². The van der Waals surface area contributed by atoms with Gasteiger partial charge < -0.3 is 10.5 Å². The van der Waals surface area contributed by atoms with Gasteiger partial charge in [0.25, 0.3) is 0 Å². The molecular formula is C12H18FNO. The minimum atomic E-state index is -0.294. The van der Waals surface area contributed by atoms with Crippen LogP contribution in [0.3, 0.4) is 0 Å². The van der Waals surface area contributed by atoms with Crippen molar-refractivity contribution in [1.82, 2.24) is 0 Å². The van der Waals surface area contributed by atoms with E-state index in [1.165, 1.54) is 12.1 Å². The van der Waals surface area contributed by atoms with Gasteiger partial charge in [-0.3, -0.25) is 0 Å². The van der Waals surface area contributed by atoms with E-state index in [1.54, 1.807) is 6.07 Å². The molecule has 0 aliphatic heterocycles. The zero-order valence-corrected chi connectivity index (χ0v) is 9.46. The van der Waals surface area contributed by atoms with Crippen molar-refractivity contribution in [3.63, 3.8) is 0 Å². The third kappa shape index (κ3) is 3.20. The molecule has 0 bridgehead atoms. The quantitative estimate of drug-likeness (QED) is 0.830. The Bertz CT molecular complexity index is 325. The Balaban J connectivity index is 2.96. The summed E-state index contributed by atoms with van der Waals surface area (Å²) in [7, 11) is 0. The van der Waals surface area contributed by atoms with Gasteiger partial charge in [-0.1, -0.05) is 13.0 Å². The molecule has 0 spiro atoms. The fourth-order valence-corrected chi connectivity index (χ4v) is 1.29. The average molecular weight is 211 g/mol. The Morgan fingerprint density at radius 3 is 2.60 bits per heavy atom. The topological polar surface area (TPSA) is 35.2 Å². The fraction of sp³-hybridized carbons (Fsp3) is 0.500. The van der Waals surface area contributed by atoms with Crippen LogP contribution in [0.25, 0.3) is 0 Å². The van der Waals surface area contributed by atoms with Gasteiger partial charge in [-0.25, -0.2) is 4.39 Å². The lowest BCUT2D eigenvalue weighted by atomic mass is 10.1. The molecule has 3 heteroatoms. The highest BCUT2D eigenvalue weighted by molar-refractivity contribution is 5.36. The normalized spacial score (nSPS) is 14.7. The van der Waals surface area contributed by atoms with Crippen molar-refractivity contribution in [2.24, 2.45) is 5.73 Å². The van der Waals surface area contributed by atoms with Crippen LogP contribution in [0.4, 0.5) is 4.39 Å². The van der Waals surface area contributed by atoms with Gasteiger partial charge in [-0.15, -0.1) is 0 Å². The highest BCUT2D eigenvalue weighted by Crippen LogP contribution is 2.26. The highest BCUT2D eigenvalue weighted by atomic mass is 19.1. The molecule has 2 atom stereocenters. The smallest absolute Gasteiger partial charge is 0.127 e. The Kier molecular flexibility index (Phi) is 4.09. The van der Waals surface area contributed by atoms with Gasteiger partial charge >= 0.3 is 0 Å². The molecule has 0 fully saturated rings. The van der Waals surface area contributed by atoms with Crippen LogP contribution < -0.4 is 10.5 Å². The van der Waals surface area contributed by atoms with Crippen LogP contribution in [-0.2, 0) is 0 Å². The first-order valence-electron chi connectivity index (χ1n) is 5.26. The van der Waals surface area contributed by atoms with E-state index in [2.05, 4.69) is 0 Å². The molecule has 1 unspecified atom stereocenters. The SMILES string of the molecule is CCC(C)Oc1cc(F)ccc1[C@H](C)N. The summed E-state index contributed by atoms with van der Waals surface area (Å²) >= 11 is 0. The van der Waals surface area contributed by atoms with Crippen molar-refractivity contribution >= 4 is 0 Å². The third-order valence-electron chi connectivity index (χ3n) is 2.37. The summed E-state index contributed by atoms with van der Waals surface area (Å²) < 4.78 is 18.7. The molecule has 0 aromatic heterocycles. The molecule has 2 N–H and O–H groups in total. The van der Waals surface area contributed by atoms with E-state index in [-0.39, 0.29) is 18.0 Å². The standard InChI is InChI=1S/C12H18FNO/c1-4-8(2)15-12-7-10(13)5-6-11(12)9(3)14/h5-9H,4,14H2,1-3H3/t8?,9-/m0/s1. The lowest BCUT2D eigenvalue weighted by Gasteiger charge is -2.17. The van der Waals surface area contributed by atoms with Crippen molar-refractivity contribution in [3.05, 3.63) is 29.6 Å². The Hall–Kier alpha value is -1.09. The average Bonchev–Trinajstić information content (AvgIpc) is 2.17. The van der Waals surface area contributed by atoms with Crippen LogP contribution in [0.5, 0.6) is 5.75 Å². The molecule has 0 saturated carbocycles. The molecule has 1 aromatic carbocycles. The molecule has 1 rings (SSSR count). The van der Waals surface area contributed by atoms with Gasteiger partial charge in [0.05, 0.1) is 6.10 Å². The first-order valence-corrected chi connectivity index (χ1v) is 5.26. The van der Waals surface area contributed by atoms with Gasteiger partial charge in [-0.05, 0) is 26.3 Å². The van der Waals surface area contributed by atoms with E-state index in [9.17, 15) is 4.39 Å². The highest BCUT2D eigenvalue weighted by Gasteiger charge is 2.11. The van der Waals surface area contributed by atoms with E-state index in [0.717, 1.165) is 12.0 Å². The van der Waals surface area contributed by atoms with Crippen molar-refractivity contribution in [2.75, 3.05) is 0 Å². The number of ether oxygens (including phenoxy) is 1. The maximum Gasteiger partial charge on any atom is 0.127 e. The summed E-state index contributed by atoms with van der Waals surface area (Å²) in [4.78, 5) is 0. The van der Waals surface area contributed by atoms with Crippen LogP contribution >= 0.6 is 0 Å². The summed E-state index contributed by atoms with van der Waals surface area (Å²) in [5, 5.41) is 0. The molecular weight excluding hydrogens is 193 g/mol. The molecule has 2 nitrogen and oxygen atoms in total. The van der Waals surface area contributed by atoms with Crippen LogP contribution in [-0.4, -0.2) is 6.10 Å². The number of rotatable bonds is 4. The Morgan fingerprint density at radius 2 is 2.07 bits per heavy atom. The van der Waals surface area contributed by atoms with Crippen LogP contribution in [0.1, 0.15) is 38.8 Å². The lowest BCUT2D eigenvalue weighted by molar-refractivity contribution is 0.213. The second kappa shape index (κ2) is 5.12. The molecule has 0 aliphatic rings. The van der Waals surface area contributed by atoms with Gasteiger partial charge in [0, 0.05) is 17.7 Å². The summed E-state index contributed by atoms with van der Waals surface area (Å²) in [5.41, 5.74) is 6.62. The van der Waals surface area contributed by atoms with Gasteiger partial charge in [0.15, 0.2) is 0 Å². The van der Waals surface area contributed by atoms with Crippen molar-refractivity contribution in [2.45, 2.75) is 39.3 Å². The summed E-state index contributed by atoms with van der Waals surface area (Å²) in [6.45, 7) is 5.84. The minimum absolute atomic E-state index is 0.0734. The Labute approximate surface area is 90.2 Å². The second-order valence-electron chi connectivity index (χ2n) is 3.81. The van der Waals surface area contributed by atoms with Gasteiger partial charge in [0.1, 0.15) is 11.6 Å². The summed E-state index contributed by atoms with van der Waals surface area (Å²) in [5.74, 6) is 0.261. The van der Waals surface area contributed by atoms with Crippen LogP contribution in [0, 0.1) is 5.82 Å². The fourth-order valence-electron chi connectivity index (χ4n) is 1.29. The maximum absolute atomic E-state index is 13.0. The second-order valence-corrected chi connectivity index (χ2v) is 3.81. The minimum Gasteiger partial charge on any atom is -0.490 e. The molecule has 0 amide bonds. The first-order chi connectivity index (χ1) is 7.04. The van der Waals surface area contributed by atoms with Crippen molar-refractivity contribution < 1.29 is 9.13 Å². The largest absolute Gasteiger partial charge is 0.490 e. The molecule has 0 heterocycles. The Morgan fingerprint density at radius 1 is 1.40 bits per heavy atom. The van der Waals surface area contributed by atoms with Gasteiger partial charge in [-0.2, -0.15) is 0 Å². The van der Waals surface area contributed by atoms with E-state index in [1.807, 2.05) is 20.8 Å².